The van der Waals surface area contributed by atoms with Gasteiger partial charge in [0.1, 0.15) is 0 Å². The maximum Gasteiger partial charge on any atom is 0.303 e. The summed E-state index contributed by atoms with van der Waals surface area (Å²) in [5, 5.41) is 8.54. The molecule has 1 N–H and O–H groups in total. The predicted molar refractivity (Wildman–Crippen MR) is 80.1 cm³/mol. The van der Waals surface area contributed by atoms with Crippen LogP contribution in [-0.4, -0.2) is 16.9 Å². The van der Waals surface area contributed by atoms with Crippen molar-refractivity contribution >= 4 is 11.8 Å². The number of benzene rings is 1. The van der Waals surface area contributed by atoms with Gasteiger partial charge in [0.05, 0.1) is 0 Å². The average Bonchev–Trinajstić information content (AvgIpc) is 2.44. The van der Waals surface area contributed by atoms with Crippen LogP contribution in [0.15, 0.2) is 24.3 Å². The molecule has 0 aliphatic heterocycles. The SMILES string of the molecule is CCCCCCc1ccc(C(=O)CCCC(=O)O)cc1. The Morgan fingerprint density at radius 3 is 2.25 bits per heavy atom. The molecule has 0 aliphatic carbocycles. The van der Waals surface area contributed by atoms with Crippen molar-refractivity contribution in [3.8, 4) is 0 Å². The van der Waals surface area contributed by atoms with Crippen molar-refractivity contribution in [1.82, 2.24) is 0 Å². The number of carboxylic acid groups (broad SMARTS) is 1. The summed E-state index contributed by atoms with van der Waals surface area (Å²) in [5.74, 6) is -0.816. The third kappa shape index (κ3) is 6.50. The van der Waals surface area contributed by atoms with Gasteiger partial charge in [-0.05, 0) is 24.8 Å². The number of hydrogen-bond acceptors (Lipinski definition) is 2. The van der Waals surface area contributed by atoms with Gasteiger partial charge in [-0.3, -0.25) is 9.59 Å². The zero-order valence-corrected chi connectivity index (χ0v) is 12.2. The van der Waals surface area contributed by atoms with Gasteiger partial charge in [0, 0.05) is 18.4 Å². The number of ketones is 1. The molecule has 0 aromatic heterocycles. The minimum absolute atomic E-state index is 0.0313. The van der Waals surface area contributed by atoms with Crippen LogP contribution in [0.3, 0.4) is 0 Å². The van der Waals surface area contributed by atoms with E-state index in [-0.39, 0.29) is 12.2 Å². The lowest BCUT2D eigenvalue weighted by atomic mass is 10.0. The first-order chi connectivity index (χ1) is 9.63. The van der Waals surface area contributed by atoms with E-state index >= 15 is 0 Å². The number of Topliss-reactive ketones (excluding diaryl/α,β-unsaturated/α-hetero) is 1. The number of aliphatic carboxylic acids is 1. The number of carbonyl (C=O) groups excluding carboxylic acids is 1. The van der Waals surface area contributed by atoms with Crippen LogP contribution in [0.4, 0.5) is 0 Å². The molecule has 1 aromatic rings. The fourth-order valence-electron chi connectivity index (χ4n) is 2.16. The third-order valence-electron chi connectivity index (χ3n) is 3.39. The van der Waals surface area contributed by atoms with Crippen LogP contribution in [0.25, 0.3) is 0 Å². The summed E-state index contributed by atoms with van der Waals surface area (Å²) in [7, 11) is 0. The molecule has 0 heterocycles. The van der Waals surface area contributed by atoms with Crippen LogP contribution >= 0.6 is 0 Å². The molecule has 0 spiro atoms. The first-order valence-corrected chi connectivity index (χ1v) is 7.47. The van der Waals surface area contributed by atoms with Gasteiger partial charge in [0.2, 0.25) is 0 Å². The standard InChI is InChI=1S/C17H24O3/c1-2-3-4-5-7-14-10-12-15(13-11-14)16(18)8-6-9-17(19)20/h10-13H,2-9H2,1H3,(H,19,20). The van der Waals surface area contributed by atoms with E-state index in [1.807, 2.05) is 24.3 Å². The van der Waals surface area contributed by atoms with Gasteiger partial charge in [0.25, 0.3) is 0 Å². The number of aryl methyl sites for hydroxylation is 1. The molecule has 0 aliphatic rings. The Bertz CT molecular complexity index is 420. The summed E-state index contributed by atoms with van der Waals surface area (Å²) in [5.41, 5.74) is 1.95. The molecule has 0 bridgehead atoms. The topological polar surface area (TPSA) is 54.4 Å². The molecule has 0 unspecified atom stereocenters. The Morgan fingerprint density at radius 1 is 0.950 bits per heavy atom. The maximum absolute atomic E-state index is 11.8. The first-order valence-electron chi connectivity index (χ1n) is 7.47. The van der Waals surface area contributed by atoms with Crippen molar-refractivity contribution in [2.75, 3.05) is 0 Å². The molecule has 3 heteroatoms. The number of rotatable bonds is 10. The van der Waals surface area contributed by atoms with E-state index in [1.165, 1.54) is 31.2 Å². The quantitative estimate of drug-likeness (QED) is 0.513. The molecule has 1 rings (SSSR count). The number of carboxylic acids is 1. The average molecular weight is 276 g/mol. The molecule has 110 valence electrons. The normalized spacial score (nSPS) is 10.4. The van der Waals surface area contributed by atoms with Crippen LogP contribution in [0.1, 0.15) is 67.8 Å². The molecule has 0 amide bonds. The minimum atomic E-state index is -0.847. The van der Waals surface area contributed by atoms with Gasteiger partial charge in [-0.1, -0.05) is 50.5 Å². The van der Waals surface area contributed by atoms with Crippen LogP contribution in [0.2, 0.25) is 0 Å². The molecule has 20 heavy (non-hydrogen) atoms. The fraction of sp³-hybridized carbons (Fsp3) is 0.529. The highest BCUT2D eigenvalue weighted by Gasteiger charge is 2.07. The van der Waals surface area contributed by atoms with E-state index in [1.54, 1.807) is 0 Å². The van der Waals surface area contributed by atoms with E-state index in [9.17, 15) is 9.59 Å². The van der Waals surface area contributed by atoms with E-state index < -0.39 is 5.97 Å². The fourth-order valence-corrected chi connectivity index (χ4v) is 2.16. The first kappa shape index (κ1) is 16.4. The summed E-state index contributed by atoms with van der Waals surface area (Å²) in [6.07, 6.45) is 6.81. The molecule has 0 atom stereocenters. The van der Waals surface area contributed by atoms with Crippen molar-refractivity contribution < 1.29 is 14.7 Å². The van der Waals surface area contributed by atoms with E-state index in [0.717, 1.165) is 6.42 Å². The Kier molecular flexibility index (Phi) is 7.63. The van der Waals surface area contributed by atoms with Crippen molar-refractivity contribution in [3.05, 3.63) is 35.4 Å². The molecule has 1 aromatic carbocycles. The van der Waals surface area contributed by atoms with Crippen LogP contribution < -0.4 is 0 Å². The minimum Gasteiger partial charge on any atom is -0.481 e. The van der Waals surface area contributed by atoms with Gasteiger partial charge in [-0.25, -0.2) is 0 Å². The van der Waals surface area contributed by atoms with Crippen LogP contribution in [0, 0.1) is 0 Å². The Hall–Kier alpha value is -1.64. The number of carbonyl (C=O) groups is 2. The molecule has 3 nitrogen and oxygen atoms in total. The smallest absolute Gasteiger partial charge is 0.303 e. The van der Waals surface area contributed by atoms with Gasteiger partial charge >= 0.3 is 5.97 Å². The van der Waals surface area contributed by atoms with Crippen molar-refractivity contribution in [1.29, 1.82) is 0 Å². The summed E-state index contributed by atoms with van der Waals surface area (Å²) in [6, 6.07) is 7.74. The van der Waals surface area contributed by atoms with E-state index in [2.05, 4.69) is 6.92 Å². The highest BCUT2D eigenvalue weighted by Crippen LogP contribution is 2.12. The molecule has 0 fully saturated rings. The lowest BCUT2D eigenvalue weighted by Gasteiger charge is -2.04. The van der Waals surface area contributed by atoms with Gasteiger partial charge in [0.15, 0.2) is 5.78 Å². The van der Waals surface area contributed by atoms with Gasteiger partial charge in [-0.2, -0.15) is 0 Å². The molecular weight excluding hydrogens is 252 g/mol. The summed E-state index contributed by atoms with van der Waals surface area (Å²) in [4.78, 5) is 22.2. The lowest BCUT2D eigenvalue weighted by Crippen LogP contribution is -2.02. The second-order valence-electron chi connectivity index (χ2n) is 5.18. The van der Waals surface area contributed by atoms with Gasteiger partial charge in [-0.15, -0.1) is 0 Å². The summed E-state index contributed by atoms with van der Waals surface area (Å²) in [6.45, 7) is 2.20. The summed E-state index contributed by atoms with van der Waals surface area (Å²) < 4.78 is 0. The van der Waals surface area contributed by atoms with Crippen LogP contribution in [0.5, 0.6) is 0 Å². The molecule has 0 saturated carbocycles. The maximum atomic E-state index is 11.8. The van der Waals surface area contributed by atoms with E-state index in [0.29, 0.717) is 18.4 Å². The predicted octanol–water partition coefficient (Wildman–Crippen LogP) is 4.25. The van der Waals surface area contributed by atoms with Crippen LogP contribution in [-0.2, 0) is 11.2 Å². The molecule has 0 radical (unpaired) electrons. The largest absolute Gasteiger partial charge is 0.481 e. The highest BCUT2D eigenvalue weighted by molar-refractivity contribution is 5.96. The number of hydrogen-bond donors (Lipinski definition) is 1. The zero-order chi connectivity index (χ0) is 14.8. The second kappa shape index (κ2) is 9.29. The Morgan fingerprint density at radius 2 is 1.65 bits per heavy atom. The van der Waals surface area contributed by atoms with Gasteiger partial charge < -0.3 is 5.11 Å². The molecular formula is C17H24O3. The highest BCUT2D eigenvalue weighted by atomic mass is 16.4. The van der Waals surface area contributed by atoms with E-state index in [4.69, 9.17) is 5.11 Å². The van der Waals surface area contributed by atoms with Crippen molar-refractivity contribution in [2.45, 2.75) is 58.3 Å². The third-order valence-corrected chi connectivity index (χ3v) is 3.39. The number of unbranched alkanes of at least 4 members (excludes halogenated alkanes) is 3. The molecule has 0 saturated heterocycles. The van der Waals surface area contributed by atoms with Crippen molar-refractivity contribution in [2.24, 2.45) is 0 Å². The van der Waals surface area contributed by atoms with Crippen molar-refractivity contribution in [3.63, 3.8) is 0 Å². The zero-order valence-electron chi connectivity index (χ0n) is 12.2. The Labute approximate surface area is 121 Å². The summed E-state index contributed by atoms with van der Waals surface area (Å²) >= 11 is 0. The lowest BCUT2D eigenvalue weighted by molar-refractivity contribution is -0.137. The second-order valence-corrected chi connectivity index (χ2v) is 5.18. The Balaban J connectivity index is 2.37. The monoisotopic (exact) mass is 276 g/mol.